The third-order valence-corrected chi connectivity index (χ3v) is 4.83. The van der Waals surface area contributed by atoms with Gasteiger partial charge in [0.25, 0.3) is 0 Å². The summed E-state index contributed by atoms with van der Waals surface area (Å²) < 4.78 is 2.07. The van der Waals surface area contributed by atoms with Crippen LogP contribution in [0.4, 0.5) is 0 Å². The number of rotatable bonds is 3. The molecule has 0 aliphatic carbocycles. The van der Waals surface area contributed by atoms with Crippen LogP contribution in [0.25, 0.3) is 10.1 Å². The van der Waals surface area contributed by atoms with Gasteiger partial charge in [0.1, 0.15) is 0 Å². The van der Waals surface area contributed by atoms with Crippen molar-refractivity contribution < 1.29 is 4.79 Å². The molecule has 0 atom stereocenters. The predicted molar refractivity (Wildman–Crippen MR) is 84.0 cm³/mol. The zero-order valence-electron chi connectivity index (χ0n) is 10.1. The molecule has 2 aromatic carbocycles. The Bertz CT molecular complexity index is 745. The Kier molecular flexibility index (Phi) is 3.49. The summed E-state index contributed by atoms with van der Waals surface area (Å²) in [5.74, 6) is 0.167. The van der Waals surface area contributed by atoms with Crippen molar-refractivity contribution in [3.05, 3.63) is 69.5 Å². The molecule has 0 aliphatic heterocycles. The third kappa shape index (κ3) is 2.48. The lowest BCUT2D eigenvalue weighted by Gasteiger charge is -2.05. The number of hydrogen-bond acceptors (Lipinski definition) is 2. The fourth-order valence-corrected chi connectivity index (χ4v) is 3.48. The number of thiophene rings is 1. The third-order valence-electron chi connectivity index (χ3n) is 3.09. The van der Waals surface area contributed by atoms with Gasteiger partial charge in [0.15, 0.2) is 5.78 Å². The summed E-state index contributed by atoms with van der Waals surface area (Å²) in [7, 11) is 0. The van der Waals surface area contributed by atoms with Crippen LogP contribution in [0.5, 0.6) is 0 Å². The van der Waals surface area contributed by atoms with Crippen LogP contribution < -0.4 is 0 Å². The second-order valence-electron chi connectivity index (χ2n) is 4.34. The molecule has 3 rings (SSSR count). The summed E-state index contributed by atoms with van der Waals surface area (Å²) in [5.41, 5.74) is 1.85. The molecule has 0 aliphatic rings. The summed E-state index contributed by atoms with van der Waals surface area (Å²) in [6.45, 7) is 0. The zero-order valence-corrected chi connectivity index (χ0v) is 12.5. The molecule has 0 saturated heterocycles. The minimum absolute atomic E-state index is 0.167. The Hall–Kier alpha value is -1.45. The van der Waals surface area contributed by atoms with Crippen molar-refractivity contribution >= 4 is 43.1 Å². The SMILES string of the molecule is O=C(Cc1ccccc1Br)c1cccc2ccsc12. The van der Waals surface area contributed by atoms with E-state index in [0.717, 1.165) is 25.7 Å². The maximum absolute atomic E-state index is 12.5. The maximum atomic E-state index is 12.5. The van der Waals surface area contributed by atoms with Gasteiger partial charge in [-0.05, 0) is 34.5 Å². The number of Topliss-reactive ketones (excluding diaryl/α,β-unsaturated/α-hetero) is 1. The highest BCUT2D eigenvalue weighted by atomic mass is 79.9. The number of hydrogen-bond donors (Lipinski definition) is 0. The first-order valence-electron chi connectivity index (χ1n) is 5.98. The predicted octanol–water partition coefficient (Wildman–Crippen LogP) is 5.09. The summed E-state index contributed by atoms with van der Waals surface area (Å²) >= 11 is 5.11. The molecule has 19 heavy (non-hydrogen) atoms. The first-order valence-corrected chi connectivity index (χ1v) is 7.66. The van der Waals surface area contributed by atoms with Gasteiger partial charge in [-0.3, -0.25) is 4.79 Å². The molecule has 0 radical (unpaired) electrons. The Labute approximate surface area is 124 Å². The molecule has 1 nitrogen and oxygen atoms in total. The van der Waals surface area contributed by atoms with Gasteiger partial charge in [-0.25, -0.2) is 0 Å². The molecule has 0 bridgehead atoms. The number of benzene rings is 2. The van der Waals surface area contributed by atoms with E-state index >= 15 is 0 Å². The fourth-order valence-electron chi connectivity index (χ4n) is 2.12. The molecule has 0 amide bonds. The lowest BCUT2D eigenvalue weighted by Crippen LogP contribution is -2.04. The maximum Gasteiger partial charge on any atom is 0.168 e. The molecule has 0 unspecified atom stereocenters. The number of carbonyl (C=O) groups is 1. The van der Waals surface area contributed by atoms with Gasteiger partial charge in [-0.1, -0.05) is 46.3 Å². The molecule has 3 heteroatoms. The highest BCUT2D eigenvalue weighted by molar-refractivity contribution is 9.10. The van der Waals surface area contributed by atoms with Crippen LogP contribution >= 0.6 is 27.3 Å². The van der Waals surface area contributed by atoms with Gasteiger partial charge >= 0.3 is 0 Å². The second kappa shape index (κ2) is 5.27. The van der Waals surface area contributed by atoms with Crippen LogP contribution in [0.3, 0.4) is 0 Å². The van der Waals surface area contributed by atoms with Crippen molar-refractivity contribution in [1.82, 2.24) is 0 Å². The Morgan fingerprint density at radius 2 is 1.89 bits per heavy atom. The summed E-state index contributed by atoms with van der Waals surface area (Å²) in [5, 5.41) is 3.17. The van der Waals surface area contributed by atoms with Crippen molar-refractivity contribution in [2.45, 2.75) is 6.42 Å². The molecule has 0 fully saturated rings. The van der Waals surface area contributed by atoms with Gasteiger partial charge in [-0.2, -0.15) is 0 Å². The molecule has 3 aromatic rings. The van der Waals surface area contributed by atoms with Crippen LogP contribution in [0.2, 0.25) is 0 Å². The van der Waals surface area contributed by atoms with Crippen molar-refractivity contribution in [2.24, 2.45) is 0 Å². The molecular weight excluding hydrogens is 320 g/mol. The van der Waals surface area contributed by atoms with E-state index in [0.29, 0.717) is 6.42 Å². The standard InChI is InChI=1S/C16H11BrOS/c17-14-7-2-1-4-12(14)10-15(18)13-6-3-5-11-8-9-19-16(11)13/h1-9H,10H2. The van der Waals surface area contributed by atoms with E-state index in [4.69, 9.17) is 0 Å². The van der Waals surface area contributed by atoms with E-state index in [1.807, 2.05) is 47.8 Å². The molecule has 0 spiro atoms. The Balaban J connectivity index is 1.97. The largest absolute Gasteiger partial charge is 0.294 e. The van der Waals surface area contributed by atoms with Crippen LogP contribution in [0, 0.1) is 0 Å². The van der Waals surface area contributed by atoms with Crippen LogP contribution in [-0.2, 0) is 6.42 Å². The zero-order chi connectivity index (χ0) is 13.2. The summed E-state index contributed by atoms with van der Waals surface area (Å²) in [6.07, 6.45) is 0.429. The van der Waals surface area contributed by atoms with Crippen molar-refractivity contribution in [1.29, 1.82) is 0 Å². The molecule has 0 N–H and O–H groups in total. The van der Waals surface area contributed by atoms with Crippen molar-refractivity contribution in [3.63, 3.8) is 0 Å². The molecule has 0 saturated carbocycles. The van der Waals surface area contributed by atoms with Crippen LogP contribution in [-0.4, -0.2) is 5.78 Å². The quantitative estimate of drug-likeness (QED) is 0.611. The van der Waals surface area contributed by atoms with E-state index in [9.17, 15) is 4.79 Å². The number of ketones is 1. The van der Waals surface area contributed by atoms with Crippen LogP contribution in [0.1, 0.15) is 15.9 Å². The first kappa shape index (κ1) is 12.6. The monoisotopic (exact) mass is 330 g/mol. The van der Waals surface area contributed by atoms with Gasteiger partial charge in [-0.15, -0.1) is 11.3 Å². The first-order chi connectivity index (χ1) is 9.25. The average Bonchev–Trinajstić information content (AvgIpc) is 2.89. The van der Waals surface area contributed by atoms with E-state index in [-0.39, 0.29) is 5.78 Å². The number of fused-ring (bicyclic) bond motifs is 1. The second-order valence-corrected chi connectivity index (χ2v) is 6.11. The number of halogens is 1. The topological polar surface area (TPSA) is 17.1 Å². The summed E-state index contributed by atoms with van der Waals surface area (Å²) in [4.78, 5) is 12.5. The van der Waals surface area contributed by atoms with Gasteiger partial charge < -0.3 is 0 Å². The Morgan fingerprint density at radius 3 is 2.74 bits per heavy atom. The summed E-state index contributed by atoms with van der Waals surface area (Å²) in [6, 6.07) is 15.8. The van der Waals surface area contributed by atoms with Crippen molar-refractivity contribution in [3.8, 4) is 0 Å². The lowest BCUT2D eigenvalue weighted by molar-refractivity contribution is 0.0994. The van der Waals surface area contributed by atoms with E-state index < -0.39 is 0 Å². The minimum atomic E-state index is 0.167. The molecular formula is C16H11BrOS. The Morgan fingerprint density at radius 1 is 1.05 bits per heavy atom. The molecule has 1 aromatic heterocycles. The van der Waals surface area contributed by atoms with Gasteiger partial charge in [0, 0.05) is 21.2 Å². The van der Waals surface area contributed by atoms with E-state index in [1.165, 1.54) is 0 Å². The smallest absolute Gasteiger partial charge is 0.168 e. The normalized spacial score (nSPS) is 10.8. The highest BCUT2D eigenvalue weighted by Gasteiger charge is 2.12. The van der Waals surface area contributed by atoms with Crippen molar-refractivity contribution in [2.75, 3.05) is 0 Å². The fraction of sp³-hybridized carbons (Fsp3) is 0.0625. The highest BCUT2D eigenvalue weighted by Crippen LogP contribution is 2.26. The van der Waals surface area contributed by atoms with E-state index in [1.54, 1.807) is 11.3 Å². The molecule has 1 heterocycles. The minimum Gasteiger partial charge on any atom is -0.294 e. The van der Waals surface area contributed by atoms with Gasteiger partial charge in [0.2, 0.25) is 0 Å². The number of carbonyl (C=O) groups excluding carboxylic acids is 1. The lowest BCUT2D eigenvalue weighted by atomic mass is 10.0. The van der Waals surface area contributed by atoms with E-state index in [2.05, 4.69) is 22.0 Å². The average molecular weight is 331 g/mol. The van der Waals surface area contributed by atoms with Gasteiger partial charge in [0.05, 0.1) is 0 Å². The van der Waals surface area contributed by atoms with Crippen LogP contribution in [0.15, 0.2) is 58.4 Å². The molecule has 94 valence electrons.